The van der Waals surface area contributed by atoms with Gasteiger partial charge in [0, 0.05) is 28.9 Å². The first kappa shape index (κ1) is 14.3. The molecule has 0 radical (unpaired) electrons. The predicted molar refractivity (Wildman–Crippen MR) is 88.1 cm³/mol. The summed E-state index contributed by atoms with van der Waals surface area (Å²) in [6.45, 7) is 3.88. The van der Waals surface area contributed by atoms with E-state index in [1.165, 1.54) is 11.1 Å². The molecule has 0 atom stereocenters. The molecule has 20 heavy (non-hydrogen) atoms. The molecule has 2 N–H and O–H groups in total. The quantitative estimate of drug-likeness (QED) is 0.847. The van der Waals surface area contributed by atoms with Crippen LogP contribution in [0.1, 0.15) is 24.0 Å². The lowest BCUT2D eigenvalue weighted by atomic mass is 9.96. The summed E-state index contributed by atoms with van der Waals surface area (Å²) >= 11 is 8.70. The Morgan fingerprint density at radius 3 is 2.85 bits per heavy atom. The van der Waals surface area contributed by atoms with Gasteiger partial charge in [-0.1, -0.05) is 28.1 Å². The molecule has 0 bridgehead atoms. The molecule has 0 unspecified atom stereocenters. The van der Waals surface area contributed by atoms with Gasteiger partial charge in [0.2, 0.25) is 0 Å². The highest BCUT2D eigenvalue weighted by molar-refractivity contribution is 9.10. The molecule has 3 rings (SSSR count). The van der Waals surface area contributed by atoms with Gasteiger partial charge in [-0.2, -0.15) is 0 Å². The van der Waals surface area contributed by atoms with E-state index < -0.39 is 0 Å². The fourth-order valence-electron chi connectivity index (χ4n) is 3.08. The van der Waals surface area contributed by atoms with Crippen LogP contribution in [0.15, 0.2) is 16.6 Å². The SMILES string of the molecule is NC(=S)C1CCN(Cc2cc(Br)cc3c2OCC3)CC1. The second kappa shape index (κ2) is 6.00. The summed E-state index contributed by atoms with van der Waals surface area (Å²) in [5.74, 6) is 1.52. The Hall–Kier alpha value is -0.650. The Morgan fingerprint density at radius 2 is 2.15 bits per heavy atom. The Balaban J connectivity index is 1.69. The van der Waals surface area contributed by atoms with Crippen LogP contribution >= 0.6 is 28.1 Å². The largest absolute Gasteiger partial charge is 0.493 e. The summed E-state index contributed by atoms with van der Waals surface area (Å²) in [6.07, 6.45) is 3.17. The smallest absolute Gasteiger partial charge is 0.127 e. The van der Waals surface area contributed by atoms with E-state index in [4.69, 9.17) is 22.7 Å². The standard InChI is InChI=1S/C15H19BrN2OS/c16-13-7-11-3-6-19-14(11)12(8-13)9-18-4-1-10(2-5-18)15(17)20/h7-8,10H,1-6,9H2,(H2,17,20). The van der Waals surface area contributed by atoms with Crippen molar-refractivity contribution in [3.05, 3.63) is 27.7 Å². The molecule has 2 heterocycles. The van der Waals surface area contributed by atoms with Gasteiger partial charge in [0.05, 0.1) is 11.6 Å². The van der Waals surface area contributed by atoms with Crippen molar-refractivity contribution in [1.82, 2.24) is 4.90 Å². The van der Waals surface area contributed by atoms with Gasteiger partial charge < -0.3 is 10.5 Å². The lowest BCUT2D eigenvalue weighted by molar-refractivity contribution is 0.199. The number of piperidine rings is 1. The predicted octanol–water partition coefficient (Wildman–Crippen LogP) is 2.88. The first-order valence-corrected chi connectivity index (χ1v) is 8.29. The first-order chi connectivity index (χ1) is 9.63. The van der Waals surface area contributed by atoms with Crippen LogP contribution in [0.4, 0.5) is 0 Å². The van der Waals surface area contributed by atoms with Gasteiger partial charge in [-0.3, -0.25) is 4.90 Å². The second-order valence-electron chi connectivity index (χ2n) is 5.60. The lowest BCUT2D eigenvalue weighted by Gasteiger charge is -2.31. The monoisotopic (exact) mass is 354 g/mol. The Morgan fingerprint density at radius 1 is 1.40 bits per heavy atom. The van der Waals surface area contributed by atoms with E-state index in [1.807, 2.05) is 0 Å². The van der Waals surface area contributed by atoms with E-state index in [1.54, 1.807) is 0 Å². The summed E-state index contributed by atoms with van der Waals surface area (Å²) in [4.78, 5) is 3.15. The van der Waals surface area contributed by atoms with E-state index in [0.717, 1.165) is 55.7 Å². The third-order valence-electron chi connectivity index (χ3n) is 4.21. The van der Waals surface area contributed by atoms with Crippen LogP contribution in [0.5, 0.6) is 5.75 Å². The first-order valence-electron chi connectivity index (χ1n) is 7.09. The minimum atomic E-state index is 0.422. The highest BCUT2D eigenvalue weighted by Crippen LogP contribution is 2.34. The maximum absolute atomic E-state index is 5.80. The molecule has 2 aliphatic heterocycles. The zero-order valence-corrected chi connectivity index (χ0v) is 13.8. The van der Waals surface area contributed by atoms with Gasteiger partial charge in [0.15, 0.2) is 0 Å². The molecule has 0 spiro atoms. The van der Waals surface area contributed by atoms with E-state index >= 15 is 0 Å². The Labute approximate surface area is 133 Å². The molecular weight excluding hydrogens is 336 g/mol. The van der Waals surface area contributed by atoms with Crippen LogP contribution in [0, 0.1) is 5.92 Å². The molecule has 1 saturated heterocycles. The number of halogens is 1. The van der Waals surface area contributed by atoms with Crippen molar-refractivity contribution in [2.45, 2.75) is 25.8 Å². The molecule has 0 saturated carbocycles. The van der Waals surface area contributed by atoms with Gasteiger partial charge in [-0.25, -0.2) is 0 Å². The molecule has 0 amide bonds. The number of rotatable bonds is 3. The Kier molecular flexibility index (Phi) is 4.29. The van der Waals surface area contributed by atoms with Gasteiger partial charge in [0.1, 0.15) is 5.75 Å². The molecule has 0 aliphatic carbocycles. The molecular formula is C15H19BrN2OS. The number of benzene rings is 1. The molecule has 3 nitrogen and oxygen atoms in total. The summed E-state index contributed by atoms with van der Waals surface area (Å²) in [5, 5.41) is 0. The number of fused-ring (bicyclic) bond motifs is 1. The number of hydrogen-bond acceptors (Lipinski definition) is 3. The third kappa shape index (κ3) is 3.00. The van der Waals surface area contributed by atoms with Crippen molar-refractivity contribution in [2.75, 3.05) is 19.7 Å². The number of nitrogens with two attached hydrogens (primary N) is 1. The molecule has 1 aromatic rings. The van der Waals surface area contributed by atoms with Crippen molar-refractivity contribution in [2.24, 2.45) is 11.7 Å². The van der Waals surface area contributed by atoms with Crippen LogP contribution in [0.3, 0.4) is 0 Å². The average molecular weight is 355 g/mol. The number of hydrogen-bond donors (Lipinski definition) is 1. The van der Waals surface area contributed by atoms with Crippen molar-refractivity contribution in [1.29, 1.82) is 0 Å². The van der Waals surface area contributed by atoms with Crippen LogP contribution in [0.2, 0.25) is 0 Å². The summed E-state index contributed by atoms with van der Waals surface area (Å²) in [7, 11) is 0. The van der Waals surface area contributed by atoms with Crippen LogP contribution in [-0.4, -0.2) is 29.6 Å². The zero-order chi connectivity index (χ0) is 14.1. The second-order valence-corrected chi connectivity index (χ2v) is 6.99. The van der Waals surface area contributed by atoms with E-state index in [9.17, 15) is 0 Å². The average Bonchev–Trinajstić information content (AvgIpc) is 2.87. The van der Waals surface area contributed by atoms with E-state index in [-0.39, 0.29) is 0 Å². The molecule has 1 fully saturated rings. The lowest BCUT2D eigenvalue weighted by Crippen LogP contribution is -2.37. The number of nitrogens with zero attached hydrogens (tertiary/aromatic N) is 1. The summed E-state index contributed by atoms with van der Waals surface area (Å²) in [6, 6.07) is 4.36. The van der Waals surface area contributed by atoms with Gasteiger partial charge in [-0.05, 0) is 43.6 Å². The highest BCUT2D eigenvalue weighted by Gasteiger charge is 2.23. The maximum atomic E-state index is 5.80. The van der Waals surface area contributed by atoms with Gasteiger partial charge in [-0.15, -0.1) is 0 Å². The van der Waals surface area contributed by atoms with E-state index in [0.29, 0.717) is 10.9 Å². The fourth-order valence-corrected chi connectivity index (χ4v) is 3.87. The number of likely N-dealkylation sites (tertiary alicyclic amines) is 1. The topological polar surface area (TPSA) is 38.5 Å². The van der Waals surface area contributed by atoms with Crippen molar-refractivity contribution < 1.29 is 4.74 Å². The molecule has 2 aliphatic rings. The van der Waals surface area contributed by atoms with Crippen molar-refractivity contribution >= 4 is 33.1 Å². The van der Waals surface area contributed by atoms with Crippen molar-refractivity contribution in [3.63, 3.8) is 0 Å². The molecule has 108 valence electrons. The minimum Gasteiger partial charge on any atom is -0.493 e. The number of ether oxygens (including phenoxy) is 1. The maximum Gasteiger partial charge on any atom is 0.127 e. The van der Waals surface area contributed by atoms with Crippen LogP contribution in [-0.2, 0) is 13.0 Å². The van der Waals surface area contributed by atoms with Gasteiger partial charge in [0.25, 0.3) is 0 Å². The minimum absolute atomic E-state index is 0.422. The molecule has 0 aromatic heterocycles. The summed E-state index contributed by atoms with van der Waals surface area (Å²) in [5.41, 5.74) is 8.36. The highest BCUT2D eigenvalue weighted by atomic mass is 79.9. The third-order valence-corrected chi connectivity index (χ3v) is 5.00. The Bertz CT molecular complexity index is 527. The van der Waals surface area contributed by atoms with Crippen molar-refractivity contribution in [3.8, 4) is 5.75 Å². The molecule has 5 heteroatoms. The van der Waals surface area contributed by atoms with Crippen LogP contribution in [0.25, 0.3) is 0 Å². The zero-order valence-electron chi connectivity index (χ0n) is 11.4. The van der Waals surface area contributed by atoms with Gasteiger partial charge >= 0.3 is 0 Å². The fraction of sp³-hybridized carbons (Fsp3) is 0.533. The van der Waals surface area contributed by atoms with E-state index in [2.05, 4.69) is 33.0 Å². The normalized spacial score (nSPS) is 19.6. The molecule has 1 aromatic carbocycles. The van der Waals surface area contributed by atoms with Crippen LogP contribution < -0.4 is 10.5 Å². The number of thiocarbonyl (C=S) groups is 1. The summed E-state index contributed by atoms with van der Waals surface area (Å²) < 4.78 is 6.95.